The van der Waals surface area contributed by atoms with E-state index in [1.165, 1.54) is 49.3 Å². The number of rotatable bonds is 2. The molecule has 7 aromatic rings. The second-order valence-corrected chi connectivity index (χ2v) is 9.33. The molecule has 4 nitrogen and oxygen atoms in total. The Morgan fingerprint density at radius 1 is 0.543 bits per heavy atom. The molecule has 0 saturated heterocycles. The number of benzene rings is 3. The summed E-state index contributed by atoms with van der Waals surface area (Å²) in [5.41, 5.74) is 6.13. The summed E-state index contributed by atoms with van der Waals surface area (Å²) in [5.74, 6) is 2.27. The smallest absolute Gasteiger partial charge is 0.243 e. The van der Waals surface area contributed by atoms with Crippen molar-refractivity contribution < 1.29 is 9.13 Å². The van der Waals surface area contributed by atoms with Crippen molar-refractivity contribution in [2.45, 2.75) is 6.92 Å². The number of nitrogens with zero attached hydrogens (tertiary/aromatic N) is 4. The standard InChI is InChI=1S/C31H26N4/c1-21-11-10-14-24-22-12-4-6-15-26(22)34(30(21)24)29-19-18-25-23-13-5-7-16-27(23)35(31(25)33(29)3)28-17-8-9-20-32(28)2/h4-20H,1-3H3/q+2. The second kappa shape index (κ2) is 7.28. The summed E-state index contributed by atoms with van der Waals surface area (Å²) in [4.78, 5) is 0. The van der Waals surface area contributed by atoms with Crippen LogP contribution in [0.4, 0.5) is 0 Å². The molecule has 0 aliphatic heterocycles. The third-order valence-electron chi connectivity index (χ3n) is 7.33. The van der Waals surface area contributed by atoms with Crippen LogP contribution in [0.3, 0.4) is 0 Å². The van der Waals surface area contributed by atoms with E-state index in [-0.39, 0.29) is 0 Å². The molecule has 3 aromatic carbocycles. The fourth-order valence-corrected chi connectivity index (χ4v) is 5.76. The summed E-state index contributed by atoms with van der Waals surface area (Å²) in [6, 6.07) is 34.9. The first-order valence-corrected chi connectivity index (χ1v) is 12.0. The van der Waals surface area contributed by atoms with E-state index < -0.39 is 0 Å². The van der Waals surface area contributed by atoms with Gasteiger partial charge in [0, 0.05) is 28.3 Å². The monoisotopic (exact) mass is 454 g/mol. The van der Waals surface area contributed by atoms with Crippen LogP contribution in [0.1, 0.15) is 5.56 Å². The molecule has 7 rings (SSSR count). The topological polar surface area (TPSA) is 17.6 Å². The number of aryl methyl sites for hydroxylation is 3. The van der Waals surface area contributed by atoms with Gasteiger partial charge in [0.2, 0.25) is 11.5 Å². The molecule has 0 spiro atoms. The fraction of sp³-hybridized carbons (Fsp3) is 0.0968. The molecule has 0 atom stereocenters. The molecule has 0 bridgehead atoms. The summed E-state index contributed by atoms with van der Waals surface area (Å²) in [6.45, 7) is 2.21. The summed E-state index contributed by atoms with van der Waals surface area (Å²) >= 11 is 0. The van der Waals surface area contributed by atoms with Crippen LogP contribution in [-0.4, -0.2) is 9.13 Å². The first-order valence-electron chi connectivity index (χ1n) is 12.0. The van der Waals surface area contributed by atoms with Gasteiger partial charge in [0.05, 0.1) is 25.7 Å². The van der Waals surface area contributed by atoms with Crippen molar-refractivity contribution in [1.29, 1.82) is 0 Å². The lowest BCUT2D eigenvalue weighted by Crippen LogP contribution is -2.39. The number of fused-ring (bicyclic) bond motifs is 6. The van der Waals surface area contributed by atoms with E-state index in [4.69, 9.17) is 0 Å². The van der Waals surface area contributed by atoms with Gasteiger partial charge >= 0.3 is 0 Å². The quantitative estimate of drug-likeness (QED) is 0.292. The van der Waals surface area contributed by atoms with Gasteiger partial charge in [-0.25, -0.2) is 13.7 Å². The Kier molecular flexibility index (Phi) is 4.15. The van der Waals surface area contributed by atoms with Crippen molar-refractivity contribution in [2.75, 3.05) is 0 Å². The molecule has 0 fully saturated rings. The Labute approximate surface area is 203 Å². The molecular weight excluding hydrogens is 428 g/mol. The Balaban J connectivity index is 1.68. The molecule has 0 aliphatic rings. The molecule has 4 heteroatoms. The van der Waals surface area contributed by atoms with Gasteiger partial charge in [0.15, 0.2) is 0 Å². The van der Waals surface area contributed by atoms with Crippen LogP contribution in [0.2, 0.25) is 0 Å². The van der Waals surface area contributed by atoms with Crippen LogP contribution >= 0.6 is 0 Å². The van der Waals surface area contributed by atoms with Gasteiger partial charge in [-0.05, 0) is 36.8 Å². The van der Waals surface area contributed by atoms with E-state index in [0.717, 1.165) is 11.6 Å². The van der Waals surface area contributed by atoms with Gasteiger partial charge in [-0.1, -0.05) is 60.7 Å². The molecule has 0 amide bonds. The maximum atomic E-state index is 2.42. The van der Waals surface area contributed by atoms with Crippen molar-refractivity contribution >= 4 is 43.7 Å². The first kappa shape index (κ1) is 20.0. The lowest BCUT2D eigenvalue weighted by atomic mass is 10.1. The van der Waals surface area contributed by atoms with Crippen LogP contribution in [0, 0.1) is 6.92 Å². The highest BCUT2D eigenvalue weighted by Crippen LogP contribution is 2.34. The minimum absolute atomic E-state index is 1.13. The minimum Gasteiger partial charge on any atom is -0.243 e. The van der Waals surface area contributed by atoms with Gasteiger partial charge < -0.3 is 0 Å². The molecular formula is C31H26N4+2. The summed E-state index contributed by atoms with van der Waals surface area (Å²) in [6.07, 6.45) is 2.11. The lowest BCUT2D eigenvalue weighted by molar-refractivity contribution is -0.668. The van der Waals surface area contributed by atoms with Crippen molar-refractivity contribution in [2.24, 2.45) is 14.1 Å². The zero-order valence-corrected chi connectivity index (χ0v) is 20.1. The summed E-state index contributed by atoms with van der Waals surface area (Å²) < 4.78 is 9.34. The van der Waals surface area contributed by atoms with E-state index in [1.807, 2.05) is 0 Å². The molecule has 0 unspecified atom stereocenters. The van der Waals surface area contributed by atoms with Crippen LogP contribution in [0.25, 0.3) is 55.4 Å². The number of hydrogen-bond acceptors (Lipinski definition) is 0. The van der Waals surface area contributed by atoms with Gasteiger partial charge in [-0.15, -0.1) is 0 Å². The molecule has 0 saturated carbocycles. The highest BCUT2D eigenvalue weighted by molar-refractivity contribution is 6.10. The number of hydrogen-bond donors (Lipinski definition) is 0. The SMILES string of the molecule is Cc1cccc2c3ccccc3n(-c3ccc4c5ccccc5n(-c5cccc[n+]5C)c4[n+]3C)c12. The maximum Gasteiger partial charge on any atom is 0.261 e. The number of pyridine rings is 2. The van der Waals surface area contributed by atoms with Crippen molar-refractivity contribution in [1.82, 2.24) is 9.13 Å². The Morgan fingerprint density at radius 2 is 1.20 bits per heavy atom. The molecule has 4 heterocycles. The van der Waals surface area contributed by atoms with E-state index in [0.29, 0.717) is 0 Å². The van der Waals surface area contributed by atoms with Crippen LogP contribution in [0.5, 0.6) is 0 Å². The molecule has 0 N–H and O–H groups in total. The van der Waals surface area contributed by atoms with Crippen LogP contribution in [0.15, 0.2) is 103 Å². The van der Waals surface area contributed by atoms with Crippen LogP contribution < -0.4 is 9.13 Å². The zero-order chi connectivity index (χ0) is 23.7. The fourth-order valence-electron chi connectivity index (χ4n) is 5.76. The average molecular weight is 455 g/mol. The van der Waals surface area contributed by atoms with Gasteiger partial charge in [0.25, 0.3) is 5.82 Å². The normalized spacial score (nSPS) is 11.9. The van der Waals surface area contributed by atoms with Crippen molar-refractivity contribution in [3.63, 3.8) is 0 Å². The van der Waals surface area contributed by atoms with E-state index in [1.54, 1.807) is 0 Å². The van der Waals surface area contributed by atoms with E-state index >= 15 is 0 Å². The average Bonchev–Trinajstić information content (AvgIpc) is 3.40. The predicted octanol–water partition coefficient (Wildman–Crippen LogP) is 5.84. The molecule has 4 aromatic heterocycles. The van der Waals surface area contributed by atoms with E-state index in [2.05, 4.69) is 143 Å². The van der Waals surface area contributed by atoms with Crippen LogP contribution in [-0.2, 0) is 14.1 Å². The molecule has 0 radical (unpaired) electrons. The first-order chi connectivity index (χ1) is 17.1. The van der Waals surface area contributed by atoms with Crippen molar-refractivity contribution in [3.8, 4) is 11.6 Å². The van der Waals surface area contributed by atoms with Gasteiger partial charge in [0.1, 0.15) is 16.6 Å². The Morgan fingerprint density at radius 3 is 1.97 bits per heavy atom. The van der Waals surface area contributed by atoms with E-state index in [9.17, 15) is 0 Å². The Bertz CT molecular complexity index is 1940. The van der Waals surface area contributed by atoms with Gasteiger partial charge in [-0.2, -0.15) is 4.57 Å². The molecule has 35 heavy (non-hydrogen) atoms. The highest BCUT2D eigenvalue weighted by Gasteiger charge is 2.26. The summed E-state index contributed by atoms with van der Waals surface area (Å²) in [7, 11) is 4.30. The molecule has 168 valence electrons. The Hall–Kier alpha value is -4.44. The lowest BCUT2D eigenvalue weighted by Gasteiger charge is -2.11. The highest BCUT2D eigenvalue weighted by atomic mass is 15.2. The number of para-hydroxylation sites is 3. The largest absolute Gasteiger partial charge is 0.261 e. The second-order valence-electron chi connectivity index (χ2n) is 9.33. The summed E-state index contributed by atoms with van der Waals surface area (Å²) in [5, 5.41) is 5.07. The molecule has 0 aliphatic carbocycles. The predicted molar refractivity (Wildman–Crippen MR) is 142 cm³/mol. The third kappa shape index (κ3) is 2.68. The number of aromatic nitrogens is 4. The maximum absolute atomic E-state index is 2.42. The third-order valence-corrected chi connectivity index (χ3v) is 7.33. The van der Waals surface area contributed by atoms with Crippen molar-refractivity contribution in [3.05, 3.63) is 109 Å². The van der Waals surface area contributed by atoms with Gasteiger partial charge in [-0.3, -0.25) is 0 Å². The zero-order valence-electron chi connectivity index (χ0n) is 20.1. The minimum atomic E-state index is 1.13.